The Balaban J connectivity index is 1.42. The lowest BCUT2D eigenvalue weighted by Gasteiger charge is -2.43. The molecule has 4 rings (SSSR count). The maximum Gasteiger partial charge on any atom is 0.252 e. The Labute approximate surface area is 146 Å². The van der Waals surface area contributed by atoms with Crippen LogP contribution in [-0.2, 0) is 16.0 Å². The van der Waals surface area contributed by atoms with Gasteiger partial charge in [0.25, 0.3) is 5.78 Å². The number of aryl methyl sites for hydroxylation is 2. The van der Waals surface area contributed by atoms with Crippen LogP contribution in [0.5, 0.6) is 0 Å². The molecule has 0 spiro atoms. The first kappa shape index (κ1) is 16.4. The molecule has 1 atom stereocenters. The molecule has 2 fully saturated rings. The summed E-state index contributed by atoms with van der Waals surface area (Å²) in [6.07, 6.45) is 2.69. The van der Waals surface area contributed by atoms with Gasteiger partial charge in [-0.1, -0.05) is 0 Å². The molecule has 134 valence electrons. The van der Waals surface area contributed by atoms with E-state index in [9.17, 15) is 4.79 Å². The van der Waals surface area contributed by atoms with Crippen LogP contribution in [0.25, 0.3) is 5.78 Å². The zero-order valence-electron chi connectivity index (χ0n) is 14.8. The van der Waals surface area contributed by atoms with Crippen LogP contribution in [0, 0.1) is 13.8 Å². The molecule has 0 N–H and O–H groups in total. The van der Waals surface area contributed by atoms with Crippen LogP contribution in [0.3, 0.4) is 0 Å². The van der Waals surface area contributed by atoms with Crippen LogP contribution >= 0.6 is 0 Å². The molecule has 0 radical (unpaired) electrons. The van der Waals surface area contributed by atoms with Crippen LogP contribution in [0.2, 0.25) is 0 Å². The van der Waals surface area contributed by atoms with Crippen molar-refractivity contribution >= 4 is 11.7 Å². The summed E-state index contributed by atoms with van der Waals surface area (Å²) >= 11 is 0. The Morgan fingerprint density at radius 3 is 3.08 bits per heavy atom. The number of ether oxygens (including phenoxy) is 1. The van der Waals surface area contributed by atoms with Crippen LogP contribution in [-0.4, -0.2) is 80.7 Å². The lowest BCUT2D eigenvalue weighted by Crippen LogP contribution is -2.59. The van der Waals surface area contributed by atoms with Crippen LogP contribution in [0.15, 0.2) is 6.33 Å². The Hall–Kier alpha value is -2.06. The molecule has 2 aromatic heterocycles. The highest BCUT2D eigenvalue weighted by atomic mass is 16.5. The van der Waals surface area contributed by atoms with E-state index in [0.29, 0.717) is 24.7 Å². The van der Waals surface area contributed by atoms with Crippen molar-refractivity contribution in [1.29, 1.82) is 0 Å². The molecule has 0 saturated carbocycles. The maximum absolute atomic E-state index is 12.7. The summed E-state index contributed by atoms with van der Waals surface area (Å²) in [6.45, 7) is 9.04. The average Bonchev–Trinajstić information content (AvgIpc) is 3.09. The van der Waals surface area contributed by atoms with Crippen molar-refractivity contribution in [2.24, 2.45) is 0 Å². The van der Waals surface area contributed by atoms with Gasteiger partial charge < -0.3 is 9.64 Å². The monoisotopic (exact) mass is 344 g/mol. The number of nitrogens with zero attached hydrogens (tertiary/aromatic N) is 6. The van der Waals surface area contributed by atoms with Gasteiger partial charge in [-0.25, -0.2) is 9.50 Å². The van der Waals surface area contributed by atoms with Crippen molar-refractivity contribution in [1.82, 2.24) is 29.4 Å². The fourth-order valence-corrected chi connectivity index (χ4v) is 3.88. The molecular formula is C17H24N6O2. The number of piperazine rings is 1. The Morgan fingerprint density at radius 1 is 1.32 bits per heavy atom. The van der Waals surface area contributed by atoms with Crippen LogP contribution < -0.4 is 0 Å². The summed E-state index contributed by atoms with van der Waals surface area (Å²) in [6, 6.07) is 0.350. The van der Waals surface area contributed by atoms with Crippen molar-refractivity contribution in [3.63, 3.8) is 0 Å². The highest BCUT2D eigenvalue weighted by Crippen LogP contribution is 2.18. The number of rotatable bonds is 3. The molecule has 2 aromatic rings. The van der Waals surface area contributed by atoms with Crippen LogP contribution in [0.4, 0.5) is 0 Å². The first-order valence-corrected chi connectivity index (χ1v) is 8.89. The highest BCUT2D eigenvalue weighted by Gasteiger charge is 2.31. The van der Waals surface area contributed by atoms with E-state index in [1.54, 1.807) is 4.52 Å². The number of carbonyl (C=O) groups is 1. The Morgan fingerprint density at radius 2 is 2.20 bits per heavy atom. The third-order valence-corrected chi connectivity index (χ3v) is 5.37. The fraction of sp³-hybridized carbons (Fsp3) is 0.647. The van der Waals surface area contributed by atoms with Gasteiger partial charge in [-0.2, -0.15) is 10.1 Å². The third kappa shape index (κ3) is 3.11. The maximum atomic E-state index is 12.7. The van der Waals surface area contributed by atoms with Crippen molar-refractivity contribution in [2.45, 2.75) is 32.7 Å². The highest BCUT2D eigenvalue weighted by molar-refractivity contribution is 5.76. The number of carbonyl (C=O) groups excluding carboxylic acids is 1. The summed E-state index contributed by atoms with van der Waals surface area (Å²) in [7, 11) is 0. The number of hydrogen-bond acceptors (Lipinski definition) is 6. The first-order chi connectivity index (χ1) is 12.1. The van der Waals surface area contributed by atoms with E-state index in [-0.39, 0.29) is 5.91 Å². The zero-order chi connectivity index (χ0) is 17.4. The zero-order valence-corrected chi connectivity index (χ0v) is 14.8. The number of aromatic nitrogens is 4. The molecule has 4 heterocycles. The Kier molecular flexibility index (Phi) is 4.39. The molecule has 8 heteroatoms. The summed E-state index contributed by atoms with van der Waals surface area (Å²) < 4.78 is 7.30. The smallest absolute Gasteiger partial charge is 0.252 e. The van der Waals surface area contributed by atoms with Crippen LogP contribution in [0.1, 0.15) is 23.4 Å². The number of hydrogen-bond donors (Lipinski definition) is 0. The van der Waals surface area contributed by atoms with Crippen molar-refractivity contribution in [3.8, 4) is 0 Å². The van der Waals surface area contributed by atoms with Gasteiger partial charge in [-0.05, 0) is 25.8 Å². The lowest BCUT2D eigenvalue weighted by atomic mass is 10.1. The topological polar surface area (TPSA) is 75.9 Å². The molecule has 1 unspecified atom stereocenters. The molecule has 0 aliphatic carbocycles. The number of fused-ring (bicyclic) bond motifs is 2. The van der Waals surface area contributed by atoms with Gasteiger partial charge in [0, 0.05) is 44.0 Å². The normalized spacial score (nSPS) is 21.5. The summed E-state index contributed by atoms with van der Waals surface area (Å²) in [5.74, 6) is 0.821. The molecule has 2 aliphatic rings. The predicted octanol–water partition coefficient (Wildman–Crippen LogP) is 0.217. The standard InChI is InChI=1S/C17H24N6O2/c1-12-15(13(2)23-17(20-12)18-11-19-23)3-4-16(24)22-6-5-21-7-8-25-10-14(21)9-22/h11,14H,3-10H2,1-2H3. The molecular weight excluding hydrogens is 320 g/mol. The summed E-state index contributed by atoms with van der Waals surface area (Å²) in [4.78, 5) is 25.7. The minimum Gasteiger partial charge on any atom is -0.378 e. The van der Waals surface area contributed by atoms with Gasteiger partial charge in [0.2, 0.25) is 5.91 Å². The summed E-state index contributed by atoms with van der Waals surface area (Å²) in [5, 5.41) is 4.21. The second-order valence-electron chi connectivity index (χ2n) is 6.84. The molecule has 25 heavy (non-hydrogen) atoms. The van der Waals surface area contributed by atoms with E-state index < -0.39 is 0 Å². The van der Waals surface area contributed by atoms with Gasteiger partial charge in [-0.15, -0.1) is 0 Å². The van der Waals surface area contributed by atoms with E-state index in [4.69, 9.17) is 4.74 Å². The summed E-state index contributed by atoms with van der Waals surface area (Å²) in [5.41, 5.74) is 3.03. The van der Waals surface area contributed by atoms with Crippen molar-refractivity contribution in [2.75, 3.05) is 39.4 Å². The largest absolute Gasteiger partial charge is 0.378 e. The SMILES string of the molecule is Cc1nc2ncnn2c(C)c1CCC(=O)N1CCN2CCOCC2C1. The molecule has 2 saturated heterocycles. The predicted molar refractivity (Wildman–Crippen MR) is 91.3 cm³/mol. The molecule has 0 bridgehead atoms. The minimum absolute atomic E-state index is 0.211. The quantitative estimate of drug-likeness (QED) is 0.793. The van der Waals surface area contributed by atoms with E-state index in [1.807, 2.05) is 18.7 Å². The fourth-order valence-electron chi connectivity index (χ4n) is 3.88. The minimum atomic E-state index is 0.211. The van der Waals surface area contributed by atoms with E-state index >= 15 is 0 Å². The molecule has 2 aliphatic heterocycles. The van der Waals surface area contributed by atoms with Gasteiger partial charge in [0.1, 0.15) is 6.33 Å². The van der Waals surface area contributed by atoms with E-state index in [1.165, 1.54) is 6.33 Å². The molecule has 0 aromatic carbocycles. The number of morpholine rings is 1. The van der Waals surface area contributed by atoms with E-state index in [0.717, 1.165) is 56.3 Å². The lowest BCUT2D eigenvalue weighted by molar-refractivity contribution is -0.136. The number of amides is 1. The third-order valence-electron chi connectivity index (χ3n) is 5.37. The first-order valence-electron chi connectivity index (χ1n) is 8.89. The molecule has 8 nitrogen and oxygen atoms in total. The second kappa shape index (κ2) is 6.68. The van der Waals surface area contributed by atoms with E-state index in [2.05, 4.69) is 20.0 Å². The van der Waals surface area contributed by atoms with Gasteiger partial charge in [0.15, 0.2) is 0 Å². The van der Waals surface area contributed by atoms with Gasteiger partial charge in [0.05, 0.1) is 19.3 Å². The van der Waals surface area contributed by atoms with Gasteiger partial charge >= 0.3 is 0 Å². The van der Waals surface area contributed by atoms with Crippen molar-refractivity contribution in [3.05, 3.63) is 23.3 Å². The Bertz CT molecular complexity index is 789. The van der Waals surface area contributed by atoms with Gasteiger partial charge in [-0.3, -0.25) is 9.69 Å². The van der Waals surface area contributed by atoms with Crippen molar-refractivity contribution < 1.29 is 9.53 Å². The molecule has 1 amide bonds. The average molecular weight is 344 g/mol. The second-order valence-corrected chi connectivity index (χ2v) is 6.84.